The van der Waals surface area contributed by atoms with Gasteiger partial charge in [0.15, 0.2) is 0 Å². The Balaban J connectivity index is 1.67. The Morgan fingerprint density at radius 1 is 1.37 bits per heavy atom. The summed E-state index contributed by atoms with van der Waals surface area (Å²) in [5, 5.41) is 9.70. The maximum atomic E-state index is 11.7. The summed E-state index contributed by atoms with van der Waals surface area (Å²) in [5.41, 5.74) is 0. The van der Waals surface area contributed by atoms with Gasteiger partial charge in [0.25, 0.3) is 0 Å². The van der Waals surface area contributed by atoms with Crippen molar-refractivity contribution in [3.05, 3.63) is 29.3 Å². The first-order chi connectivity index (χ1) is 9.20. The van der Waals surface area contributed by atoms with Crippen molar-refractivity contribution in [1.82, 2.24) is 4.90 Å². The quantitative estimate of drug-likeness (QED) is 0.812. The summed E-state index contributed by atoms with van der Waals surface area (Å²) in [5.74, 6) is 0.650. The molecule has 1 amide bonds. The largest absolute Gasteiger partial charge is 0.494 e. The molecule has 1 heterocycles. The van der Waals surface area contributed by atoms with Crippen LogP contribution in [-0.4, -0.2) is 42.2 Å². The molecule has 1 N–H and O–H groups in total. The summed E-state index contributed by atoms with van der Waals surface area (Å²) in [6, 6.07) is 7.22. The fraction of sp³-hybridized carbons (Fsp3) is 0.500. The second-order valence-electron chi connectivity index (χ2n) is 4.65. The summed E-state index contributed by atoms with van der Waals surface area (Å²) in [6.45, 7) is 1.94. The third kappa shape index (κ3) is 3.85. The molecule has 0 aliphatic carbocycles. The van der Waals surface area contributed by atoms with Crippen molar-refractivity contribution < 1.29 is 14.6 Å². The molecule has 1 aromatic rings. The Bertz CT molecular complexity index is 421. The molecule has 0 aromatic heterocycles. The zero-order chi connectivity index (χ0) is 13.7. The SMILES string of the molecule is O=C1C(CO)CCN1CCCOc1ccc(Cl)cc1. The van der Waals surface area contributed by atoms with Gasteiger partial charge in [-0.2, -0.15) is 0 Å². The lowest BCUT2D eigenvalue weighted by molar-refractivity contribution is -0.132. The van der Waals surface area contributed by atoms with Crippen LogP contribution in [0.4, 0.5) is 0 Å². The van der Waals surface area contributed by atoms with E-state index < -0.39 is 0 Å². The maximum absolute atomic E-state index is 11.7. The standard InChI is InChI=1S/C14H18ClNO3/c15-12-2-4-13(5-3-12)19-9-1-7-16-8-6-11(10-17)14(16)18/h2-5,11,17H,1,6-10H2. The third-order valence-electron chi connectivity index (χ3n) is 3.28. The number of carbonyl (C=O) groups is 1. The predicted octanol–water partition coefficient (Wildman–Crippen LogP) is 1.95. The highest BCUT2D eigenvalue weighted by atomic mass is 35.5. The second kappa shape index (κ2) is 6.78. The monoisotopic (exact) mass is 283 g/mol. The van der Waals surface area contributed by atoms with Crippen molar-refractivity contribution in [1.29, 1.82) is 0 Å². The zero-order valence-electron chi connectivity index (χ0n) is 10.7. The molecule has 2 rings (SSSR count). The number of rotatable bonds is 6. The molecule has 0 saturated carbocycles. The molecule has 1 atom stereocenters. The summed E-state index contributed by atoms with van der Waals surface area (Å²) < 4.78 is 5.56. The molecular formula is C14H18ClNO3. The van der Waals surface area contributed by atoms with Gasteiger partial charge in [-0.3, -0.25) is 4.79 Å². The van der Waals surface area contributed by atoms with E-state index in [9.17, 15) is 4.79 Å². The maximum Gasteiger partial charge on any atom is 0.228 e. The van der Waals surface area contributed by atoms with Crippen molar-refractivity contribution in [2.75, 3.05) is 26.3 Å². The van der Waals surface area contributed by atoms with E-state index in [1.54, 1.807) is 17.0 Å². The molecule has 1 unspecified atom stereocenters. The van der Waals surface area contributed by atoms with Gasteiger partial charge in [0.1, 0.15) is 5.75 Å². The number of amides is 1. The van der Waals surface area contributed by atoms with Crippen LogP contribution >= 0.6 is 11.6 Å². The Kier molecular flexibility index (Phi) is 5.05. The Morgan fingerprint density at radius 3 is 2.74 bits per heavy atom. The molecule has 1 aliphatic rings. The molecule has 1 aliphatic heterocycles. The van der Waals surface area contributed by atoms with Crippen LogP contribution in [0.3, 0.4) is 0 Å². The van der Waals surface area contributed by atoms with Crippen molar-refractivity contribution >= 4 is 17.5 Å². The predicted molar refractivity (Wildman–Crippen MR) is 73.3 cm³/mol. The molecule has 19 heavy (non-hydrogen) atoms. The van der Waals surface area contributed by atoms with E-state index in [4.69, 9.17) is 21.4 Å². The number of carbonyl (C=O) groups excluding carboxylic acids is 1. The van der Waals surface area contributed by atoms with Gasteiger partial charge in [0, 0.05) is 18.1 Å². The number of benzene rings is 1. The van der Waals surface area contributed by atoms with Crippen LogP contribution < -0.4 is 4.74 Å². The first-order valence-electron chi connectivity index (χ1n) is 6.48. The van der Waals surface area contributed by atoms with Gasteiger partial charge in [-0.25, -0.2) is 0 Å². The lowest BCUT2D eigenvalue weighted by Gasteiger charge is -2.16. The van der Waals surface area contributed by atoms with Gasteiger partial charge in [-0.15, -0.1) is 0 Å². The average Bonchev–Trinajstić information content (AvgIpc) is 2.77. The van der Waals surface area contributed by atoms with Crippen LogP contribution in [0.25, 0.3) is 0 Å². The minimum Gasteiger partial charge on any atom is -0.494 e. The molecule has 1 saturated heterocycles. The molecule has 0 spiro atoms. The minimum atomic E-state index is -0.197. The van der Waals surface area contributed by atoms with E-state index in [1.165, 1.54) is 0 Å². The van der Waals surface area contributed by atoms with E-state index in [0.717, 1.165) is 25.1 Å². The highest BCUT2D eigenvalue weighted by molar-refractivity contribution is 6.30. The first kappa shape index (κ1) is 14.2. The number of ether oxygens (including phenoxy) is 1. The number of halogens is 1. The van der Waals surface area contributed by atoms with Gasteiger partial charge in [0.2, 0.25) is 5.91 Å². The highest BCUT2D eigenvalue weighted by Crippen LogP contribution is 2.18. The molecule has 0 bridgehead atoms. The van der Waals surface area contributed by atoms with Crippen LogP contribution in [0, 0.1) is 5.92 Å². The van der Waals surface area contributed by atoms with Gasteiger partial charge in [0.05, 0.1) is 19.1 Å². The molecule has 1 fully saturated rings. The third-order valence-corrected chi connectivity index (χ3v) is 3.54. The van der Waals surface area contributed by atoms with E-state index >= 15 is 0 Å². The molecule has 1 aromatic carbocycles. The van der Waals surface area contributed by atoms with E-state index in [-0.39, 0.29) is 18.4 Å². The van der Waals surface area contributed by atoms with Gasteiger partial charge >= 0.3 is 0 Å². The Labute approximate surface area is 117 Å². The highest BCUT2D eigenvalue weighted by Gasteiger charge is 2.30. The minimum absolute atomic E-state index is 0.0450. The van der Waals surface area contributed by atoms with Crippen LogP contribution in [-0.2, 0) is 4.79 Å². The first-order valence-corrected chi connectivity index (χ1v) is 6.86. The molecular weight excluding hydrogens is 266 g/mol. The van der Waals surface area contributed by atoms with E-state index in [2.05, 4.69) is 0 Å². The number of aliphatic hydroxyl groups excluding tert-OH is 1. The van der Waals surface area contributed by atoms with Crippen molar-refractivity contribution in [2.24, 2.45) is 5.92 Å². The summed E-state index contributed by atoms with van der Waals surface area (Å²) >= 11 is 5.78. The summed E-state index contributed by atoms with van der Waals surface area (Å²) in [6.07, 6.45) is 1.54. The van der Waals surface area contributed by atoms with E-state index in [1.807, 2.05) is 12.1 Å². The average molecular weight is 284 g/mol. The van der Waals surface area contributed by atoms with Crippen molar-refractivity contribution in [3.63, 3.8) is 0 Å². The van der Waals surface area contributed by atoms with Crippen LogP contribution in [0.5, 0.6) is 5.75 Å². The van der Waals surface area contributed by atoms with Gasteiger partial charge in [-0.05, 0) is 37.1 Å². The number of likely N-dealkylation sites (tertiary alicyclic amines) is 1. The number of hydrogen-bond donors (Lipinski definition) is 1. The Hall–Kier alpha value is -1.26. The smallest absolute Gasteiger partial charge is 0.228 e. The second-order valence-corrected chi connectivity index (χ2v) is 5.09. The lowest BCUT2D eigenvalue weighted by atomic mass is 10.1. The Morgan fingerprint density at radius 2 is 2.11 bits per heavy atom. The van der Waals surface area contributed by atoms with Crippen molar-refractivity contribution in [3.8, 4) is 5.75 Å². The van der Waals surface area contributed by atoms with Gasteiger partial charge < -0.3 is 14.7 Å². The van der Waals surface area contributed by atoms with Crippen LogP contribution in [0.1, 0.15) is 12.8 Å². The van der Waals surface area contributed by atoms with Crippen LogP contribution in [0.2, 0.25) is 5.02 Å². The fourth-order valence-electron chi connectivity index (χ4n) is 2.17. The molecule has 4 nitrogen and oxygen atoms in total. The topological polar surface area (TPSA) is 49.8 Å². The number of hydrogen-bond acceptors (Lipinski definition) is 3. The molecule has 5 heteroatoms. The molecule has 104 valence electrons. The van der Waals surface area contributed by atoms with E-state index in [0.29, 0.717) is 18.2 Å². The number of aliphatic hydroxyl groups is 1. The number of nitrogens with zero attached hydrogens (tertiary/aromatic N) is 1. The normalized spacial score (nSPS) is 18.9. The lowest BCUT2D eigenvalue weighted by Crippen LogP contribution is -2.30. The van der Waals surface area contributed by atoms with Gasteiger partial charge in [-0.1, -0.05) is 11.6 Å². The molecule has 0 radical (unpaired) electrons. The fourth-order valence-corrected chi connectivity index (χ4v) is 2.30. The van der Waals surface area contributed by atoms with Crippen LogP contribution in [0.15, 0.2) is 24.3 Å². The van der Waals surface area contributed by atoms with Crippen molar-refractivity contribution in [2.45, 2.75) is 12.8 Å². The zero-order valence-corrected chi connectivity index (χ0v) is 11.5. The summed E-state index contributed by atoms with van der Waals surface area (Å²) in [4.78, 5) is 13.5. The summed E-state index contributed by atoms with van der Waals surface area (Å²) in [7, 11) is 0.